The largest absolute Gasteiger partial charge is 0.360 e. The van der Waals surface area contributed by atoms with Crippen molar-refractivity contribution in [1.29, 1.82) is 0 Å². The summed E-state index contributed by atoms with van der Waals surface area (Å²) in [5.41, 5.74) is 0.391. The number of hydrogen-bond donors (Lipinski definition) is 1. The van der Waals surface area contributed by atoms with Crippen LogP contribution >= 0.6 is 12.2 Å². The lowest BCUT2D eigenvalue weighted by atomic mass is 9.53. The number of thiocarbonyl (C=S) groups is 1. The molecule has 1 aliphatic heterocycles. The molecule has 0 spiro atoms. The molecular formula is C21H41BN2S. The molecule has 0 radical (unpaired) electrons. The first-order valence-corrected chi connectivity index (χ1v) is 11.0. The summed E-state index contributed by atoms with van der Waals surface area (Å²) in [6, 6.07) is 1.79. The summed E-state index contributed by atoms with van der Waals surface area (Å²) in [4.78, 5) is 3.83. The van der Waals surface area contributed by atoms with E-state index in [0.717, 1.165) is 12.3 Å². The second-order valence-corrected chi connectivity index (χ2v) is 10.7. The van der Waals surface area contributed by atoms with Crippen molar-refractivity contribution < 1.29 is 0 Å². The molecule has 1 saturated carbocycles. The number of rotatable bonds is 3. The summed E-state index contributed by atoms with van der Waals surface area (Å²) < 4.78 is 0. The highest BCUT2D eigenvalue weighted by Crippen LogP contribution is 2.49. The van der Waals surface area contributed by atoms with Crippen LogP contribution in [0.5, 0.6) is 0 Å². The highest BCUT2D eigenvalue weighted by molar-refractivity contribution is 7.80. The van der Waals surface area contributed by atoms with Crippen molar-refractivity contribution in [1.82, 2.24) is 10.2 Å². The molecule has 2 aliphatic rings. The van der Waals surface area contributed by atoms with Gasteiger partial charge in [0.25, 0.3) is 0 Å². The zero-order valence-electron chi connectivity index (χ0n) is 17.8. The quantitative estimate of drug-likeness (QED) is 0.583. The van der Waals surface area contributed by atoms with Gasteiger partial charge in [0.2, 0.25) is 0 Å². The Bertz CT molecular complexity index is 465. The van der Waals surface area contributed by atoms with Gasteiger partial charge in [-0.05, 0) is 76.6 Å². The van der Waals surface area contributed by atoms with Crippen LogP contribution in [0.3, 0.4) is 0 Å². The van der Waals surface area contributed by atoms with Crippen LogP contribution in [0.15, 0.2) is 0 Å². The lowest BCUT2D eigenvalue weighted by Crippen LogP contribution is -2.52. The summed E-state index contributed by atoms with van der Waals surface area (Å²) in [6.45, 7) is 12.1. The molecule has 2 nitrogen and oxygen atoms in total. The first-order chi connectivity index (χ1) is 11.6. The maximum absolute atomic E-state index is 5.77. The Morgan fingerprint density at radius 3 is 2.48 bits per heavy atom. The maximum Gasteiger partial charge on any atom is 0.111 e. The van der Waals surface area contributed by atoms with Gasteiger partial charge in [0.15, 0.2) is 0 Å². The highest BCUT2D eigenvalue weighted by Gasteiger charge is 2.42. The summed E-state index contributed by atoms with van der Waals surface area (Å²) in [5.74, 6) is 0.802. The number of nitrogens with zero attached hydrogens (tertiary/aromatic N) is 1. The summed E-state index contributed by atoms with van der Waals surface area (Å²) in [5, 5.41) is 3.95. The van der Waals surface area contributed by atoms with Gasteiger partial charge >= 0.3 is 0 Å². The average Bonchev–Trinajstić information content (AvgIpc) is 2.51. The van der Waals surface area contributed by atoms with E-state index in [9.17, 15) is 0 Å². The molecule has 0 bridgehead atoms. The van der Waals surface area contributed by atoms with E-state index in [0.29, 0.717) is 28.9 Å². The number of fused-ring (bicyclic) bond motifs is 1. The van der Waals surface area contributed by atoms with E-state index in [1.165, 1.54) is 49.9 Å². The Balaban J connectivity index is 2.24. The number of nitrogens with one attached hydrogen (secondary N) is 1. The van der Waals surface area contributed by atoms with Gasteiger partial charge in [-0.25, -0.2) is 0 Å². The van der Waals surface area contributed by atoms with Crippen molar-refractivity contribution in [2.45, 2.75) is 109 Å². The molecule has 1 aliphatic carbocycles. The van der Waals surface area contributed by atoms with Gasteiger partial charge in [-0.1, -0.05) is 45.3 Å². The topological polar surface area (TPSA) is 15.3 Å². The van der Waals surface area contributed by atoms with Crippen LogP contribution in [0.2, 0.25) is 5.31 Å². The third kappa shape index (κ3) is 5.00. The van der Waals surface area contributed by atoms with Crippen LogP contribution in [-0.2, 0) is 0 Å². The Hall–Kier alpha value is -0.0851. The SMILES string of the molecule is BC1(C(C)NC)CCCCC2C(CCC(=S)N2C(C)C)CC(C)(C)C1. The molecule has 4 atom stereocenters. The highest BCUT2D eigenvalue weighted by atomic mass is 32.1. The minimum atomic E-state index is 0.391. The molecular weight excluding hydrogens is 323 g/mol. The van der Waals surface area contributed by atoms with Crippen molar-refractivity contribution >= 4 is 25.1 Å². The van der Waals surface area contributed by atoms with Crippen molar-refractivity contribution in [3.63, 3.8) is 0 Å². The fourth-order valence-corrected chi connectivity index (χ4v) is 6.35. The Kier molecular flexibility index (Phi) is 7.04. The fraction of sp³-hybridized carbons (Fsp3) is 0.952. The van der Waals surface area contributed by atoms with E-state index in [4.69, 9.17) is 12.2 Å². The zero-order chi connectivity index (χ0) is 18.8. The standard InChI is InChI=1S/C21H41BN2S/c1-15(2)24-18-9-7-8-12-21(22,16(3)23-6)14-20(4,5)13-17(18)10-11-19(24)25/h15-18,23H,7-14,22H2,1-6H3. The van der Waals surface area contributed by atoms with Crippen LogP contribution in [0.1, 0.15) is 86.0 Å². The van der Waals surface area contributed by atoms with E-state index < -0.39 is 0 Å². The summed E-state index contributed by atoms with van der Waals surface area (Å²) in [6.07, 6.45) is 10.4. The number of piperidine rings is 1. The minimum absolute atomic E-state index is 0.391. The summed E-state index contributed by atoms with van der Waals surface area (Å²) in [7, 11) is 4.64. The third-order valence-electron chi connectivity index (χ3n) is 7.15. The van der Waals surface area contributed by atoms with Crippen molar-refractivity contribution in [2.24, 2.45) is 11.3 Å². The summed E-state index contributed by atoms with van der Waals surface area (Å²) >= 11 is 5.77. The van der Waals surface area contributed by atoms with Crippen LogP contribution in [-0.4, -0.2) is 42.9 Å². The molecule has 1 N–H and O–H groups in total. The molecule has 0 amide bonds. The van der Waals surface area contributed by atoms with Crippen LogP contribution in [0, 0.1) is 11.3 Å². The maximum atomic E-state index is 5.77. The van der Waals surface area contributed by atoms with Gasteiger partial charge in [-0.3, -0.25) is 0 Å². The van der Waals surface area contributed by atoms with Crippen molar-refractivity contribution in [3.8, 4) is 0 Å². The van der Waals surface area contributed by atoms with Crippen molar-refractivity contribution in [2.75, 3.05) is 7.05 Å². The molecule has 25 heavy (non-hydrogen) atoms. The first kappa shape index (κ1) is 21.2. The smallest absolute Gasteiger partial charge is 0.111 e. The molecule has 4 unspecified atom stereocenters. The Morgan fingerprint density at radius 2 is 1.88 bits per heavy atom. The normalized spacial score (nSPS) is 35.3. The average molecular weight is 364 g/mol. The minimum Gasteiger partial charge on any atom is -0.360 e. The van der Waals surface area contributed by atoms with Crippen LogP contribution < -0.4 is 5.32 Å². The molecule has 1 saturated heterocycles. The molecule has 0 aromatic carbocycles. The van der Waals surface area contributed by atoms with Gasteiger partial charge < -0.3 is 10.2 Å². The number of hydrogen-bond acceptors (Lipinski definition) is 2. The molecule has 0 aromatic heterocycles. The van der Waals surface area contributed by atoms with Gasteiger partial charge in [0, 0.05) is 18.1 Å². The predicted octanol–water partition coefficient (Wildman–Crippen LogP) is 4.58. The molecule has 144 valence electrons. The van der Waals surface area contributed by atoms with E-state index in [2.05, 4.69) is 59.7 Å². The molecule has 0 aromatic rings. The Morgan fingerprint density at radius 1 is 1.20 bits per heavy atom. The van der Waals surface area contributed by atoms with E-state index >= 15 is 0 Å². The monoisotopic (exact) mass is 364 g/mol. The Labute approximate surface area is 163 Å². The van der Waals surface area contributed by atoms with Crippen LogP contribution in [0.4, 0.5) is 0 Å². The third-order valence-corrected chi connectivity index (χ3v) is 7.56. The van der Waals surface area contributed by atoms with E-state index in [1.54, 1.807) is 0 Å². The van der Waals surface area contributed by atoms with Gasteiger partial charge in [-0.2, -0.15) is 0 Å². The molecule has 2 rings (SSSR count). The van der Waals surface area contributed by atoms with Crippen LogP contribution in [0.25, 0.3) is 0 Å². The predicted molar refractivity (Wildman–Crippen MR) is 117 cm³/mol. The second kappa shape index (κ2) is 8.29. The van der Waals surface area contributed by atoms with E-state index in [-0.39, 0.29) is 0 Å². The lowest BCUT2D eigenvalue weighted by molar-refractivity contribution is 0.0904. The first-order valence-electron chi connectivity index (χ1n) is 10.6. The van der Waals surface area contributed by atoms with Gasteiger partial charge in [0.1, 0.15) is 7.85 Å². The molecule has 2 fully saturated rings. The molecule has 4 heteroatoms. The van der Waals surface area contributed by atoms with E-state index in [1.807, 2.05) is 0 Å². The lowest BCUT2D eigenvalue weighted by Gasteiger charge is -2.50. The zero-order valence-corrected chi connectivity index (χ0v) is 18.6. The fourth-order valence-electron chi connectivity index (χ4n) is 5.89. The molecule has 1 heterocycles. The van der Waals surface area contributed by atoms with Gasteiger partial charge in [0.05, 0.1) is 4.99 Å². The van der Waals surface area contributed by atoms with Gasteiger partial charge in [-0.15, -0.1) is 0 Å². The van der Waals surface area contributed by atoms with Crippen molar-refractivity contribution in [3.05, 3.63) is 0 Å². The second-order valence-electron chi connectivity index (χ2n) is 10.2. The number of likely N-dealkylation sites (tertiary alicyclic amines) is 1.